The zero-order chi connectivity index (χ0) is 20.4. The van der Waals surface area contributed by atoms with Gasteiger partial charge >= 0.3 is 0 Å². The first kappa shape index (κ1) is 19.1. The van der Waals surface area contributed by atoms with Crippen molar-refractivity contribution in [2.75, 3.05) is 20.3 Å². The summed E-state index contributed by atoms with van der Waals surface area (Å²) < 4.78 is 10.9. The summed E-state index contributed by atoms with van der Waals surface area (Å²) in [7, 11) is 1.52. The molecule has 0 bridgehead atoms. The highest BCUT2D eigenvalue weighted by atomic mass is 16.5. The molecule has 1 aromatic carbocycles. The molecule has 2 saturated heterocycles. The van der Waals surface area contributed by atoms with Crippen molar-refractivity contribution in [3.8, 4) is 5.75 Å². The predicted octanol–water partition coefficient (Wildman–Crippen LogP) is 2.69. The van der Waals surface area contributed by atoms with Crippen molar-refractivity contribution in [3.63, 3.8) is 0 Å². The Hall–Kier alpha value is -3.19. The van der Waals surface area contributed by atoms with E-state index < -0.39 is 17.7 Å². The van der Waals surface area contributed by atoms with Crippen LogP contribution in [0.3, 0.4) is 0 Å². The number of aromatic nitrogens is 1. The molecule has 0 radical (unpaired) electrons. The van der Waals surface area contributed by atoms with Crippen LogP contribution in [0.15, 0.2) is 54.4 Å². The third-order valence-electron chi connectivity index (χ3n) is 5.33. The molecule has 2 atom stereocenters. The van der Waals surface area contributed by atoms with E-state index in [1.165, 1.54) is 12.0 Å². The van der Waals surface area contributed by atoms with Crippen LogP contribution in [0.25, 0.3) is 5.76 Å². The molecule has 1 amide bonds. The molecular weight excluding hydrogens is 372 g/mol. The van der Waals surface area contributed by atoms with Crippen LogP contribution in [-0.4, -0.2) is 53.0 Å². The van der Waals surface area contributed by atoms with Crippen molar-refractivity contribution < 1.29 is 24.2 Å². The minimum atomic E-state index is -0.704. The average molecular weight is 394 g/mol. The topological polar surface area (TPSA) is 89.0 Å². The first-order valence-electron chi connectivity index (χ1n) is 9.54. The molecule has 150 valence electrons. The lowest BCUT2D eigenvalue weighted by Gasteiger charge is -2.27. The number of ether oxygens (including phenoxy) is 2. The summed E-state index contributed by atoms with van der Waals surface area (Å²) in [5.41, 5.74) is 1.19. The van der Waals surface area contributed by atoms with E-state index >= 15 is 0 Å². The summed E-state index contributed by atoms with van der Waals surface area (Å²) in [5, 5.41) is 11.0. The largest absolute Gasteiger partial charge is 0.507 e. The quantitative estimate of drug-likeness (QED) is 0.477. The van der Waals surface area contributed by atoms with Gasteiger partial charge in [0.05, 0.1) is 24.8 Å². The summed E-state index contributed by atoms with van der Waals surface area (Å²) in [6, 6.07) is 9.57. The fourth-order valence-electron chi connectivity index (χ4n) is 3.89. The summed E-state index contributed by atoms with van der Waals surface area (Å²) in [5.74, 6) is -1.01. The van der Waals surface area contributed by atoms with Gasteiger partial charge in [-0.25, -0.2) is 0 Å². The van der Waals surface area contributed by atoms with E-state index in [9.17, 15) is 14.7 Å². The van der Waals surface area contributed by atoms with Gasteiger partial charge in [0.1, 0.15) is 11.5 Å². The maximum absolute atomic E-state index is 12.9. The van der Waals surface area contributed by atoms with Crippen LogP contribution >= 0.6 is 0 Å². The molecular formula is C22H22N2O5. The monoisotopic (exact) mass is 394 g/mol. The number of rotatable bonds is 5. The number of hydrogen-bond donors (Lipinski definition) is 1. The van der Waals surface area contributed by atoms with E-state index in [1.807, 2.05) is 0 Å². The van der Waals surface area contributed by atoms with Gasteiger partial charge in [0, 0.05) is 31.1 Å². The maximum atomic E-state index is 12.9. The summed E-state index contributed by atoms with van der Waals surface area (Å²) in [6.45, 7) is 0.949. The highest BCUT2D eigenvalue weighted by molar-refractivity contribution is 6.46. The zero-order valence-electron chi connectivity index (χ0n) is 16.1. The number of benzene rings is 1. The summed E-state index contributed by atoms with van der Waals surface area (Å²) in [4.78, 5) is 31.4. The lowest BCUT2D eigenvalue weighted by Crippen LogP contribution is -2.36. The van der Waals surface area contributed by atoms with Gasteiger partial charge in [-0.1, -0.05) is 12.1 Å². The molecule has 2 aliphatic rings. The lowest BCUT2D eigenvalue weighted by atomic mass is 9.95. The molecule has 3 heterocycles. The highest BCUT2D eigenvalue weighted by Gasteiger charge is 2.47. The Labute approximate surface area is 168 Å². The van der Waals surface area contributed by atoms with Gasteiger partial charge in [0.2, 0.25) is 0 Å². The molecule has 2 aromatic rings. The second-order valence-electron chi connectivity index (χ2n) is 7.10. The molecule has 7 nitrogen and oxygen atoms in total. The fourth-order valence-corrected chi connectivity index (χ4v) is 3.89. The summed E-state index contributed by atoms with van der Waals surface area (Å²) in [6.07, 6.45) is 4.86. The van der Waals surface area contributed by atoms with E-state index in [2.05, 4.69) is 4.98 Å². The van der Waals surface area contributed by atoms with Crippen molar-refractivity contribution in [1.29, 1.82) is 0 Å². The Kier molecular flexibility index (Phi) is 5.31. The van der Waals surface area contributed by atoms with Gasteiger partial charge in [-0.05, 0) is 42.7 Å². The number of amides is 1. The van der Waals surface area contributed by atoms with E-state index in [0.717, 1.165) is 12.8 Å². The number of ketones is 1. The van der Waals surface area contributed by atoms with Crippen LogP contribution in [0.2, 0.25) is 0 Å². The fraction of sp³-hybridized carbons (Fsp3) is 0.318. The van der Waals surface area contributed by atoms with E-state index in [0.29, 0.717) is 30.0 Å². The minimum absolute atomic E-state index is 0.0625. The van der Waals surface area contributed by atoms with Gasteiger partial charge < -0.3 is 19.5 Å². The van der Waals surface area contributed by atoms with Crippen LogP contribution in [0.4, 0.5) is 0 Å². The Morgan fingerprint density at radius 2 is 2.07 bits per heavy atom. The predicted molar refractivity (Wildman–Crippen MR) is 105 cm³/mol. The first-order chi connectivity index (χ1) is 14.1. The van der Waals surface area contributed by atoms with Crippen molar-refractivity contribution in [1.82, 2.24) is 9.88 Å². The summed E-state index contributed by atoms with van der Waals surface area (Å²) >= 11 is 0. The number of nitrogens with zero attached hydrogens (tertiary/aromatic N) is 2. The number of hydrogen-bond acceptors (Lipinski definition) is 6. The number of carbonyl (C=O) groups is 2. The Morgan fingerprint density at radius 1 is 1.28 bits per heavy atom. The molecule has 1 N–H and O–H groups in total. The van der Waals surface area contributed by atoms with Crippen LogP contribution in [0.5, 0.6) is 5.75 Å². The van der Waals surface area contributed by atoms with Crippen molar-refractivity contribution >= 4 is 17.4 Å². The van der Waals surface area contributed by atoms with Gasteiger partial charge in [0.25, 0.3) is 11.7 Å². The van der Waals surface area contributed by atoms with Crippen LogP contribution in [-0.2, 0) is 14.3 Å². The second kappa shape index (κ2) is 8.05. The molecule has 0 aliphatic carbocycles. The third kappa shape index (κ3) is 3.61. The van der Waals surface area contributed by atoms with Crippen molar-refractivity contribution in [3.05, 3.63) is 65.5 Å². The van der Waals surface area contributed by atoms with Gasteiger partial charge in [-0.2, -0.15) is 0 Å². The number of carbonyl (C=O) groups excluding carboxylic acids is 2. The minimum Gasteiger partial charge on any atom is -0.507 e. The number of Topliss-reactive ketones (excluding diaryl/α,β-unsaturated/α-hetero) is 1. The normalized spacial score (nSPS) is 23.6. The number of aliphatic hydroxyl groups is 1. The van der Waals surface area contributed by atoms with Gasteiger partial charge in [-0.15, -0.1) is 0 Å². The standard InChI is InChI=1S/C22H22N2O5/c1-28-16-5-2-4-15(12-16)20(25)18-19(14-7-9-23-10-8-14)24(22(27)21(18)26)13-17-6-3-11-29-17/h2,4-5,7-10,12,17,19,25H,3,6,11,13H2,1H3/b20-18-. The zero-order valence-corrected chi connectivity index (χ0v) is 16.1. The van der Waals surface area contributed by atoms with Crippen LogP contribution < -0.4 is 4.74 Å². The molecule has 4 rings (SSSR count). The second-order valence-corrected chi connectivity index (χ2v) is 7.10. The third-order valence-corrected chi connectivity index (χ3v) is 5.33. The molecule has 2 unspecified atom stereocenters. The molecule has 29 heavy (non-hydrogen) atoms. The van der Waals surface area contributed by atoms with Crippen molar-refractivity contribution in [2.45, 2.75) is 25.0 Å². The Balaban J connectivity index is 1.81. The molecule has 0 saturated carbocycles. The number of aliphatic hydroxyl groups excluding tert-OH is 1. The Morgan fingerprint density at radius 3 is 2.76 bits per heavy atom. The molecule has 7 heteroatoms. The van der Waals surface area contributed by atoms with E-state index in [4.69, 9.17) is 9.47 Å². The molecule has 2 aliphatic heterocycles. The molecule has 1 aromatic heterocycles. The number of pyridine rings is 1. The van der Waals surface area contributed by atoms with Crippen LogP contribution in [0.1, 0.15) is 30.0 Å². The SMILES string of the molecule is COc1cccc(/C(O)=C2/C(=O)C(=O)N(CC3CCCO3)C2c2ccncc2)c1. The number of likely N-dealkylation sites (tertiary alicyclic amines) is 1. The maximum Gasteiger partial charge on any atom is 0.295 e. The van der Waals surface area contributed by atoms with Crippen LogP contribution in [0, 0.1) is 0 Å². The smallest absolute Gasteiger partial charge is 0.295 e. The highest BCUT2D eigenvalue weighted by Crippen LogP contribution is 2.40. The van der Waals surface area contributed by atoms with Gasteiger partial charge in [0.15, 0.2) is 0 Å². The van der Waals surface area contributed by atoms with E-state index in [-0.39, 0.29) is 17.4 Å². The number of methoxy groups -OCH3 is 1. The average Bonchev–Trinajstić information content (AvgIpc) is 3.36. The molecule has 2 fully saturated rings. The first-order valence-corrected chi connectivity index (χ1v) is 9.54. The van der Waals surface area contributed by atoms with Gasteiger partial charge in [-0.3, -0.25) is 14.6 Å². The van der Waals surface area contributed by atoms with E-state index in [1.54, 1.807) is 48.8 Å². The molecule has 0 spiro atoms. The lowest BCUT2D eigenvalue weighted by molar-refractivity contribution is -0.140. The van der Waals surface area contributed by atoms with Crippen molar-refractivity contribution in [2.24, 2.45) is 0 Å². The Bertz CT molecular complexity index is 951.